The van der Waals surface area contributed by atoms with E-state index in [1.807, 2.05) is 19.0 Å². The van der Waals surface area contributed by atoms with Crippen LogP contribution in [-0.2, 0) is 17.8 Å². The summed E-state index contributed by atoms with van der Waals surface area (Å²) in [4.78, 5) is 12.3. The van der Waals surface area contributed by atoms with Crippen LogP contribution in [0.4, 0.5) is 4.39 Å². The Morgan fingerprint density at radius 2 is 2.06 bits per heavy atom. The quantitative estimate of drug-likeness (QED) is 0.822. The van der Waals surface area contributed by atoms with Crippen molar-refractivity contribution < 1.29 is 19.4 Å². The zero-order valence-corrected chi connectivity index (χ0v) is 9.90. The molecule has 5 heteroatoms. The number of phenols is 1. The first kappa shape index (κ1) is 13.4. The first-order valence-corrected chi connectivity index (χ1v) is 5.27. The maximum Gasteiger partial charge on any atom is 0.303 e. The zero-order chi connectivity index (χ0) is 13.0. The van der Waals surface area contributed by atoms with Crippen molar-refractivity contribution in [2.24, 2.45) is 0 Å². The Morgan fingerprint density at radius 1 is 1.41 bits per heavy atom. The van der Waals surface area contributed by atoms with E-state index in [0.717, 1.165) is 0 Å². The molecule has 1 aromatic carbocycles. The van der Waals surface area contributed by atoms with E-state index in [1.54, 1.807) is 6.07 Å². The molecule has 0 bridgehead atoms. The molecule has 94 valence electrons. The fourth-order valence-electron chi connectivity index (χ4n) is 1.61. The van der Waals surface area contributed by atoms with Gasteiger partial charge in [-0.05, 0) is 37.7 Å². The maximum absolute atomic E-state index is 13.4. The number of halogens is 1. The summed E-state index contributed by atoms with van der Waals surface area (Å²) in [6.45, 7) is 0.539. The number of phenolic OH excluding ortho intramolecular Hbond substituents is 1. The van der Waals surface area contributed by atoms with Crippen molar-refractivity contribution in [1.29, 1.82) is 0 Å². The average molecular weight is 241 g/mol. The lowest BCUT2D eigenvalue weighted by Gasteiger charge is -2.12. The van der Waals surface area contributed by atoms with Crippen LogP contribution in [0, 0.1) is 5.82 Å². The van der Waals surface area contributed by atoms with Gasteiger partial charge in [-0.1, -0.05) is 6.07 Å². The van der Waals surface area contributed by atoms with Gasteiger partial charge in [-0.25, -0.2) is 4.39 Å². The van der Waals surface area contributed by atoms with Gasteiger partial charge in [0.1, 0.15) is 0 Å². The Kier molecular flexibility index (Phi) is 4.45. The third kappa shape index (κ3) is 4.03. The van der Waals surface area contributed by atoms with Gasteiger partial charge >= 0.3 is 5.97 Å². The fourth-order valence-corrected chi connectivity index (χ4v) is 1.61. The van der Waals surface area contributed by atoms with E-state index < -0.39 is 17.5 Å². The van der Waals surface area contributed by atoms with E-state index in [1.165, 1.54) is 6.07 Å². The van der Waals surface area contributed by atoms with Gasteiger partial charge in [-0.15, -0.1) is 0 Å². The molecular formula is C12H16FNO3. The van der Waals surface area contributed by atoms with Crippen molar-refractivity contribution in [2.75, 3.05) is 14.1 Å². The molecule has 0 atom stereocenters. The van der Waals surface area contributed by atoms with Crippen molar-refractivity contribution in [2.45, 2.75) is 19.4 Å². The Bertz CT molecular complexity index is 418. The summed E-state index contributed by atoms with van der Waals surface area (Å²) in [5.74, 6) is -2.12. The number of carboxylic acids is 1. The number of aromatic hydroxyl groups is 1. The van der Waals surface area contributed by atoms with Crippen LogP contribution in [0.25, 0.3) is 0 Å². The van der Waals surface area contributed by atoms with Crippen LogP contribution in [0.2, 0.25) is 0 Å². The zero-order valence-electron chi connectivity index (χ0n) is 9.90. The summed E-state index contributed by atoms with van der Waals surface area (Å²) >= 11 is 0. The standard InChI is InChI=1S/C12H16FNO3/c1-14(2)7-8-5-9(3-4-11(15)16)12(17)10(13)6-8/h5-6,17H,3-4,7H2,1-2H3,(H,15,16). The summed E-state index contributed by atoms with van der Waals surface area (Å²) in [7, 11) is 3.70. The molecule has 0 amide bonds. The molecule has 0 spiro atoms. The number of aliphatic carboxylic acids is 1. The van der Waals surface area contributed by atoms with Gasteiger partial charge in [0.05, 0.1) is 0 Å². The highest BCUT2D eigenvalue weighted by Gasteiger charge is 2.11. The number of carbonyl (C=O) groups is 1. The molecule has 1 aromatic rings. The third-order valence-corrected chi connectivity index (χ3v) is 2.31. The van der Waals surface area contributed by atoms with Gasteiger partial charge in [0.25, 0.3) is 0 Å². The highest BCUT2D eigenvalue weighted by atomic mass is 19.1. The van der Waals surface area contributed by atoms with Crippen LogP contribution in [-0.4, -0.2) is 35.2 Å². The smallest absolute Gasteiger partial charge is 0.303 e. The third-order valence-electron chi connectivity index (χ3n) is 2.31. The summed E-state index contributed by atoms with van der Waals surface area (Å²) in [5.41, 5.74) is 1.05. The summed E-state index contributed by atoms with van der Waals surface area (Å²) in [5, 5.41) is 18.1. The molecule has 4 nitrogen and oxygen atoms in total. The van der Waals surface area contributed by atoms with Crippen LogP contribution in [0.3, 0.4) is 0 Å². The fraction of sp³-hybridized carbons (Fsp3) is 0.417. The molecule has 0 fully saturated rings. The molecule has 0 heterocycles. The number of aryl methyl sites for hydroxylation is 1. The Hall–Kier alpha value is -1.62. The minimum absolute atomic E-state index is 0.124. The second kappa shape index (κ2) is 5.63. The first-order chi connectivity index (χ1) is 7.90. The van der Waals surface area contributed by atoms with Crippen LogP contribution in [0.1, 0.15) is 17.5 Å². The number of benzene rings is 1. The van der Waals surface area contributed by atoms with Gasteiger partial charge in [-0.2, -0.15) is 0 Å². The van der Waals surface area contributed by atoms with Crippen LogP contribution in [0.5, 0.6) is 5.75 Å². The summed E-state index contributed by atoms with van der Waals surface area (Å²) in [6, 6.07) is 2.90. The van der Waals surface area contributed by atoms with Gasteiger partial charge in [0.15, 0.2) is 11.6 Å². The van der Waals surface area contributed by atoms with E-state index in [9.17, 15) is 14.3 Å². The Labute approximate surface area is 99.3 Å². The molecule has 17 heavy (non-hydrogen) atoms. The Balaban J connectivity index is 2.94. The second-order valence-electron chi connectivity index (χ2n) is 4.22. The lowest BCUT2D eigenvalue weighted by Crippen LogP contribution is -2.11. The van der Waals surface area contributed by atoms with E-state index in [-0.39, 0.29) is 12.8 Å². The van der Waals surface area contributed by atoms with Crippen molar-refractivity contribution in [3.8, 4) is 5.75 Å². The van der Waals surface area contributed by atoms with Gasteiger partial charge in [0, 0.05) is 13.0 Å². The molecule has 0 aliphatic rings. The van der Waals surface area contributed by atoms with Crippen LogP contribution >= 0.6 is 0 Å². The largest absolute Gasteiger partial charge is 0.505 e. The van der Waals surface area contributed by atoms with Crippen molar-refractivity contribution in [3.05, 3.63) is 29.1 Å². The Morgan fingerprint density at radius 3 is 2.59 bits per heavy atom. The maximum atomic E-state index is 13.4. The molecule has 2 N–H and O–H groups in total. The minimum atomic E-state index is -0.970. The minimum Gasteiger partial charge on any atom is -0.505 e. The molecule has 0 aromatic heterocycles. The number of hydrogen-bond acceptors (Lipinski definition) is 3. The normalized spacial score (nSPS) is 10.8. The lowest BCUT2D eigenvalue weighted by atomic mass is 10.0. The molecule has 0 saturated carbocycles. The van der Waals surface area contributed by atoms with Crippen LogP contribution in [0.15, 0.2) is 12.1 Å². The first-order valence-electron chi connectivity index (χ1n) is 5.27. The van der Waals surface area contributed by atoms with Crippen molar-refractivity contribution >= 4 is 5.97 Å². The van der Waals surface area contributed by atoms with E-state index >= 15 is 0 Å². The monoisotopic (exact) mass is 241 g/mol. The number of hydrogen-bond donors (Lipinski definition) is 2. The SMILES string of the molecule is CN(C)Cc1cc(F)c(O)c(CCC(=O)O)c1. The van der Waals surface area contributed by atoms with E-state index in [0.29, 0.717) is 17.7 Å². The van der Waals surface area contributed by atoms with Crippen LogP contribution < -0.4 is 0 Å². The van der Waals surface area contributed by atoms with Crippen molar-refractivity contribution in [1.82, 2.24) is 4.90 Å². The number of nitrogens with zero attached hydrogens (tertiary/aromatic N) is 1. The number of carboxylic acid groups (broad SMARTS) is 1. The predicted molar refractivity (Wildman–Crippen MR) is 61.4 cm³/mol. The number of rotatable bonds is 5. The highest BCUT2D eigenvalue weighted by Crippen LogP contribution is 2.25. The molecule has 0 unspecified atom stereocenters. The predicted octanol–water partition coefficient (Wildman–Crippen LogP) is 1.61. The molecule has 0 saturated heterocycles. The average Bonchev–Trinajstić information content (AvgIpc) is 2.20. The summed E-state index contributed by atoms with van der Waals surface area (Å²) < 4.78 is 13.4. The molecule has 1 rings (SSSR count). The van der Waals surface area contributed by atoms with E-state index in [4.69, 9.17) is 5.11 Å². The molecule has 0 radical (unpaired) electrons. The topological polar surface area (TPSA) is 60.8 Å². The van der Waals surface area contributed by atoms with Gasteiger partial charge in [0.2, 0.25) is 0 Å². The van der Waals surface area contributed by atoms with Gasteiger partial charge in [-0.3, -0.25) is 4.79 Å². The lowest BCUT2D eigenvalue weighted by molar-refractivity contribution is -0.136. The van der Waals surface area contributed by atoms with E-state index in [2.05, 4.69) is 0 Å². The molecule has 0 aliphatic carbocycles. The highest BCUT2D eigenvalue weighted by molar-refractivity contribution is 5.67. The summed E-state index contributed by atoms with van der Waals surface area (Å²) in [6.07, 6.45) is -0.00221. The van der Waals surface area contributed by atoms with Crippen molar-refractivity contribution in [3.63, 3.8) is 0 Å². The van der Waals surface area contributed by atoms with Gasteiger partial charge < -0.3 is 15.1 Å². The molecule has 0 aliphatic heterocycles. The second-order valence-corrected chi connectivity index (χ2v) is 4.22. The molecular weight excluding hydrogens is 225 g/mol.